The van der Waals surface area contributed by atoms with E-state index in [2.05, 4.69) is 20.9 Å². The topological polar surface area (TPSA) is 119 Å². The second-order valence-electron chi connectivity index (χ2n) is 3.77. The van der Waals surface area contributed by atoms with Crippen LogP contribution in [0.4, 0.5) is 4.79 Å². The van der Waals surface area contributed by atoms with E-state index in [1.807, 2.05) is 0 Å². The molecule has 2 heterocycles. The molecule has 2 aromatic heterocycles. The van der Waals surface area contributed by atoms with Crippen molar-refractivity contribution in [1.82, 2.24) is 25.6 Å². The number of furan rings is 1. The Kier molecular flexibility index (Phi) is 4.22. The lowest BCUT2D eigenvalue weighted by atomic mass is 10.4. The maximum absolute atomic E-state index is 11.5. The number of aromatic nitrogens is 3. The molecule has 2 N–H and O–H groups in total. The number of nitrogens with zero attached hydrogens (tertiary/aromatic N) is 3. The average Bonchev–Trinajstić information content (AvgIpc) is 3.06. The molecule has 0 spiro atoms. The largest absolute Gasteiger partial charge is 0.467 e. The Labute approximate surface area is 112 Å². The van der Waals surface area contributed by atoms with Crippen molar-refractivity contribution in [3.05, 3.63) is 36.0 Å². The lowest BCUT2D eigenvalue weighted by molar-refractivity contribution is -0.120. The molecule has 9 heteroatoms. The van der Waals surface area contributed by atoms with E-state index in [1.165, 1.54) is 12.5 Å². The molecule has 0 unspecified atom stereocenters. The van der Waals surface area contributed by atoms with E-state index in [0.717, 1.165) is 4.68 Å². The molecule has 0 aromatic carbocycles. The SMILES string of the molecule is O=Cc1cn(CC(=O)NC(=O)NCc2ccco2)nn1. The van der Waals surface area contributed by atoms with Gasteiger partial charge in [-0.05, 0) is 12.1 Å². The van der Waals surface area contributed by atoms with Gasteiger partial charge in [0.05, 0.1) is 19.0 Å². The minimum Gasteiger partial charge on any atom is -0.467 e. The van der Waals surface area contributed by atoms with Gasteiger partial charge in [-0.1, -0.05) is 5.21 Å². The van der Waals surface area contributed by atoms with Gasteiger partial charge >= 0.3 is 6.03 Å². The van der Waals surface area contributed by atoms with Crippen LogP contribution in [0, 0.1) is 0 Å². The quantitative estimate of drug-likeness (QED) is 0.725. The molecule has 2 aromatic rings. The van der Waals surface area contributed by atoms with Crippen LogP contribution in [0.5, 0.6) is 0 Å². The van der Waals surface area contributed by atoms with Crippen LogP contribution in [0.1, 0.15) is 16.2 Å². The first-order valence-corrected chi connectivity index (χ1v) is 5.63. The number of nitrogens with one attached hydrogen (secondary N) is 2. The van der Waals surface area contributed by atoms with Crippen molar-refractivity contribution in [2.45, 2.75) is 13.1 Å². The number of imide groups is 1. The van der Waals surface area contributed by atoms with E-state index in [-0.39, 0.29) is 18.8 Å². The Balaban J connectivity index is 1.76. The number of urea groups is 1. The van der Waals surface area contributed by atoms with Crippen molar-refractivity contribution in [2.24, 2.45) is 0 Å². The molecule has 0 saturated heterocycles. The molecule has 0 atom stereocenters. The van der Waals surface area contributed by atoms with Gasteiger partial charge in [0, 0.05) is 0 Å². The van der Waals surface area contributed by atoms with Crippen LogP contribution in [0.15, 0.2) is 29.0 Å². The third kappa shape index (κ3) is 3.77. The Hall–Kier alpha value is -2.97. The van der Waals surface area contributed by atoms with Crippen molar-refractivity contribution in [3.63, 3.8) is 0 Å². The number of hydrogen-bond acceptors (Lipinski definition) is 6. The Morgan fingerprint density at radius 2 is 2.30 bits per heavy atom. The molecule has 2 rings (SSSR count). The summed E-state index contributed by atoms with van der Waals surface area (Å²) in [6.45, 7) is -0.0419. The second-order valence-corrected chi connectivity index (χ2v) is 3.77. The van der Waals surface area contributed by atoms with Crippen molar-refractivity contribution < 1.29 is 18.8 Å². The standard InChI is InChI=1S/C11H11N5O4/c17-7-8-5-16(15-14-8)6-10(18)13-11(19)12-4-9-2-1-3-20-9/h1-3,5,7H,4,6H2,(H2,12,13,18,19). The van der Waals surface area contributed by atoms with Gasteiger partial charge in [0.25, 0.3) is 0 Å². The number of hydrogen-bond donors (Lipinski definition) is 2. The number of rotatable bonds is 5. The highest BCUT2D eigenvalue weighted by Crippen LogP contribution is 1.98. The molecule has 104 valence electrons. The Morgan fingerprint density at radius 3 is 2.95 bits per heavy atom. The van der Waals surface area contributed by atoms with E-state index in [0.29, 0.717) is 12.0 Å². The fourth-order valence-electron chi connectivity index (χ4n) is 1.38. The van der Waals surface area contributed by atoms with E-state index in [4.69, 9.17) is 4.42 Å². The van der Waals surface area contributed by atoms with E-state index in [1.54, 1.807) is 12.1 Å². The molecule has 0 fully saturated rings. The highest BCUT2D eigenvalue weighted by Gasteiger charge is 2.10. The van der Waals surface area contributed by atoms with Crippen molar-refractivity contribution in [1.29, 1.82) is 0 Å². The van der Waals surface area contributed by atoms with Gasteiger partial charge in [-0.15, -0.1) is 5.10 Å². The Morgan fingerprint density at radius 1 is 1.45 bits per heavy atom. The summed E-state index contributed by atoms with van der Waals surface area (Å²) < 4.78 is 6.17. The predicted molar refractivity (Wildman–Crippen MR) is 64.5 cm³/mol. The molecule has 0 radical (unpaired) electrons. The number of carbonyl (C=O) groups excluding carboxylic acids is 3. The summed E-state index contributed by atoms with van der Waals surface area (Å²) in [4.78, 5) is 33.3. The lowest BCUT2D eigenvalue weighted by Crippen LogP contribution is -2.40. The van der Waals surface area contributed by atoms with Crippen LogP contribution in [0.2, 0.25) is 0 Å². The molecule has 3 amide bonds. The van der Waals surface area contributed by atoms with Crippen molar-refractivity contribution >= 4 is 18.2 Å². The highest BCUT2D eigenvalue weighted by atomic mass is 16.3. The number of aldehydes is 1. The van der Waals surface area contributed by atoms with E-state index >= 15 is 0 Å². The monoisotopic (exact) mass is 277 g/mol. The summed E-state index contributed by atoms with van der Waals surface area (Å²) in [7, 11) is 0. The average molecular weight is 277 g/mol. The summed E-state index contributed by atoms with van der Waals surface area (Å²) in [5.41, 5.74) is 0.111. The van der Waals surface area contributed by atoms with Gasteiger partial charge in [-0.3, -0.25) is 14.9 Å². The highest BCUT2D eigenvalue weighted by molar-refractivity contribution is 5.94. The van der Waals surface area contributed by atoms with E-state index in [9.17, 15) is 14.4 Å². The van der Waals surface area contributed by atoms with Gasteiger partial charge in [0.15, 0.2) is 6.29 Å². The maximum atomic E-state index is 11.5. The molecule has 0 bridgehead atoms. The second kappa shape index (κ2) is 6.27. The molecule has 0 aliphatic rings. The first-order valence-electron chi connectivity index (χ1n) is 5.63. The first-order chi connectivity index (χ1) is 9.67. The van der Waals surface area contributed by atoms with Gasteiger partial charge in [0.2, 0.25) is 5.91 Å². The molecule has 0 aliphatic heterocycles. The van der Waals surface area contributed by atoms with Gasteiger partial charge < -0.3 is 9.73 Å². The smallest absolute Gasteiger partial charge is 0.321 e. The lowest BCUT2D eigenvalue weighted by Gasteiger charge is -2.05. The molecular weight excluding hydrogens is 266 g/mol. The van der Waals surface area contributed by atoms with Crippen LogP contribution < -0.4 is 10.6 Å². The zero-order valence-corrected chi connectivity index (χ0v) is 10.3. The summed E-state index contributed by atoms with van der Waals surface area (Å²) in [6, 6.07) is 2.73. The first kappa shape index (κ1) is 13.5. The fraction of sp³-hybridized carbons (Fsp3) is 0.182. The van der Waals surface area contributed by atoms with Gasteiger partial charge in [0.1, 0.15) is 18.0 Å². The van der Waals surface area contributed by atoms with Gasteiger partial charge in [-0.2, -0.15) is 0 Å². The van der Waals surface area contributed by atoms with E-state index < -0.39 is 11.9 Å². The maximum Gasteiger partial charge on any atom is 0.321 e. The summed E-state index contributed by atoms with van der Waals surface area (Å²) in [5, 5.41) is 11.6. The van der Waals surface area contributed by atoms with Crippen LogP contribution >= 0.6 is 0 Å². The normalized spacial score (nSPS) is 10.0. The number of carbonyl (C=O) groups is 3. The third-order valence-electron chi connectivity index (χ3n) is 2.24. The molecule has 9 nitrogen and oxygen atoms in total. The number of amides is 3. The molecule has 0 aliphatic carbocycles. The zero-order valence-electron chi connectivity index (χ0n) is 10.3. The third-order valence-corrected chi connectivity index (χ3v) is 2.24. The summed E-state index contributed by atoms with van der Waals surface area (Å²) >= 11 is 0. The van der Waals surface area contributed by atoms with Gasteiger partial charge in [-0.25, -0.2) is 9.48 Å². The van der Waals surface area contributed by atoms with Crippen LogP contribution in [-0.4, -0.2) is 33.2 Å². The minimum atomic E-state index is -0.651. The van der Waals surface area contributed by atoms with Crippen LogP contribution in [0.25, 0.3) is 0 Å². The summed E-state index contributed by atoms with van der Waals surface area (Å²) in [6.07, 6.45) is 3.29. The zero-order chi connectivity index (χ0) is 14.4. The minimum absolute atomic E-state index is 0.111. The molecular formula is C11H11N5O4. The molecule has 20 heavy (non-hydrogen) atoms. The molecule has 0 saturated carbocycles. The van der Waals surface area contributed by atoms with Crippen LogP contribution in [-0.2, 0) is 17.9 Å². The fourth-order valence-corrected chi connectivity index (χ4v) is 1.38. The van der Waals surface area contributed by atoms with Crippen molar-refractivity contribution in [2.75, 3.05) is 0 Å². The Bertz CT molecular complexity index is 604. The predicted octanol–water partition coefficient (Wildman–Crippen LogP) is -0.290. The van der Waals surface area contributed by atoms with Crippen molar-refractivity contribution in [3.8, 4) is 0 Å². The summed E-state index contributed by atoms with van der Waals surface area (Å²) in [5.74, 6) is -0.0104. The van der Waals surface area contributed by atoms with Crippen LogP contribution in [0.3, 0.4) is 0 Å².